The number of benzene rings is 1. The lowest BCUT2D eigenvalue weighted by Crippen LogP contribution is -2.29. The van der Waals surface area contributed by atoms with Gasteiger partial charge in [-0.15, -0.1) is 0 Å². The minimum absolute atomic E-state index is 0.0932. The lowest BCUT2D eigenvalue weighted by atomic mass is 10.0. The van der Waals surface area contributed by atoms with Crippen LogP contribution in [0.5, 0.6) is 0 Å². The van der Waals surface area contributed by atoms with Gasteiger partial charge in [0, 0.05) is 10.5 Å². The van der Waals surface area contributed by atoms with E-state index in [1.807, 2.05) is 31.2 Å². The van der Waals surface area contributed by atoms with Crippen LogP contribution in [0.15, 0.2) is 45.7 Å². The molecule has 0 bridgehead atoms. The van der Waals surface area contributed by atoms with Crippen LogP contribution in [0.25, 0.3) is 0 Å². The minimum atomic E-state index is -0.332. The van der Waals surface area contributed by atoms with E-state index >= 15 is 0 Å². The topological polar surface area (TPSA) is 74.8 Å². The largest absolute Gasteiger partial charge is 0.344 e. The van der Waals surface area contributed by atoms with Crippen LogP contribution in [0, 0.1) is 0 Å². The van der Waals surface area contributed by atoms with Crippen LogP contribution in [0.2, 0.25) is 0 Å². The maximum absolute atomic E-state index is 12.1. The standard InChI is InChI=1S/C14H14BrN3O2/c1-2-11(9-3-5-10(15)6-4-9)16-14(20)12-7-8-13(19)18-17-12/h3-8,11H,2H2,1H3,(H,16,20)(H,18,19)/t11-/m1/s1. The van der Waals surface area contributed by atoms with E-state index in [9.17, 15) is 9.59 Å². The van der Waals surface area contributed by atoms with Crippen LogP contribution in [0.4, 0.5) is 0 Å². The summed E-state index contributed by atoms with van der Waals surface area (Å²) in [4.78, 5) is 23.0. The van der Waals surface area contributed by atoms with E-state index < -0.39 is 0 Å². The molecule has 104 valence electrons. The van der Waals surface area contributed by atoms with Gasteiger partial charge in [0.1, 0.15) is 5.69 Å². The molecule has 1 heterocycles. The molecule has 1 aromatic carbocycles. The first kappa shape index (κ1) is 14.5. The lowest BCUT2D eigenvalue weighted by Gasteiger charge is -2.17. The van der Waals surface area contributed by atoms with Crippen molar-refractivity contribution in [3.05, 3.63) is 62.5 Å². The number of aromatic nitrogens is 2. The second kappa shape index (κ2) is 6.47. The fourth-order valence-corrected chi connectivity index (χ4v) is 2.08. The molecule has 1 amide bonds. The molecule has 2 aromatic rings. The highest BCUT2D eigenvalue weighted by Crippen LogP contribution is 2.19. The van der Waals surface area contributed by atoms with E-state index in [1.54, 1.807) is 0 Å². The van der Waals surface area contributed by atoms with Gasteiger partial charge in [-0.05, 0) is 30.2 Å². The van der Waals surface area contributed by atoms with Crippen molar-refractivity contribution in [1.29, 1.82) is 0 Å². The van der Waals surface area contributed by atoms with Crippen LogP contribution < -0.4 is 10.9 Å². The molecule has 1 atom stereocenters. The van der Waals surface area contributed by atoms with E-state index in [2.05, 4.69) is 31.4 Å². The number of carbonyl (C=O) groups excluding carboxylic acids is 1. The van der Waals surface area contributed by atoms with Gasteiger partial charge in [-0.2, -0.15) is 5.10 Å². The second-order valence-electron chi connectivity index (χ2n) is 4.29. The van der Waals surface area contributed by atoms with Crippen molar-refractivity contribution < 1.29 is 4.79 Å². The number of carbonyl (C=O) groups is 1. The first-order valence-electron chi connectivity index (χ1n) is 6.22. The summed E-state index contributed by atoms with van der Waals surface area (Å²) in [6, 6.07) is 10.4. The predicted octanol–water partition coefficient (Wildman–Crippen LogP) is 2.41. The van der Waals surface area contributed by atoms with E-state index in [0.29, 0.717) is 0 Å². The van der Waals surface area contributed by atoms with E-state index in [0.717, 1.165) is 16.5 Å². The first-order chi connectivity index (χ1) is 9.60. The molecule has 0 aliphatic heterocycles. The van der Waals surface area contributed by atoms with Gasteiger partial charge in [0.25, 0.3) is 11.5 Å². The fraction of sp³-hybridized carbons (Fsp3) is 0.214. The average molecular weight is 336 g/mol. The van der Waals surface area contributed by atoms with Gasteiger partial charge in [-0.1, -0.05) is 35.0 Å². The number of rotatable bonds is 4. The minimum Gasteiger partial charge on any atom is -0.344 e. The number of nitrogens with one attached hydrogen (secondary N) is 2. The molecule has 20 heavy (non-hydrogen) atoms. The molecule has 0 aliphatic carbocycles. The highest BCUT2D eigenvalue weighted by atomic mass is 79.9. The molecule has 5 nitrogen and oxygen atoms in total. The van der Waals surface area contributed by atoms with Gasteiger partial charge in [-0.25, -0.2) is 5.10 Å². The molecular formula is C14H14BrN3O2. The van der Waals surface area contributed by atoms with Crippen molar-refractivity contribution in [2.24, 2.45) is 0 Å². The van der Waals surface area contributed by atoms with Gasteiger partial charge in [0.15, 0.2) is 0 Å². The Labute approximate surface area is 124 Å². The summed E-state index contributed by atoms with van der Waals surface area (Å²) >= 11 is 3.38. The smallest absolute Gasteiger partial charge is 0.272 e. The van der Waals surface area contributed by atoms with Gasteiger partial charge in [0.05, 0.1) is 6.04 Å². The van der Waals surface area contributed by atoms with E-state index in [4.69, 9.17) is 0 Å². The second-order valence-corrected chi connectivity index (χ2v) is 5.21. The molecular weight excluding hydrogens is 322 g/mol. The van der Waals surface area contributed by atoms with Crippen molar-refractivity contribution in [3.8, 4) is 0 Å². The predicted molar refractivity (Wildman–Crippen MR) is 79.5 cm³/mol. The molecule has 2 N–H and O–H groups in total. The van der Waals surface area contributed by atoms with Crippen molar-refractivity contribution in [1.82, 2.24) is 15.5 Å². The number of H-pyrrole nitrogens is 1. The molecule has 6 heteroatoms. The zero-order chi connectivity index (χ0) is 14.5. The van der Waals surface area contributed by atoms with Crippen molar-refractivity contribution >= 4 is 21.8 Å². The molecule has 0 unspecified atom stereocenters. The molecule has 0 saturated carbocycles. The molecule has 1 aromatic heterocycles. The number of amides is 1. The Kier molecular flexibility index (Phi) is 4.68. The summed E-state index contributed by atoms with van der Waals surface area (Å²) < 4.78 is 0.990. The van der Waals surface area contributed by atoms with Gasteiger partial charge in [-0.3, -0.25) is 9.59 Å². The van der Waals surface area contributed by atoms with Gasteiger partial charge in [0.2, 0.25) is 0 Å². The maximum atomic E-state index is 12.1. The highest BCUT2D eigenvalue weighted by molar-refractivity contribution is 9.10. The summed E-state index contributed by atoms with van der Waals surface area (Å²) in [6.07, 6.45) is 0.761. The van der Waals surface area contributed by atoms with Crippen molar-refractivity contribution in [3.63, 3.8) is 0 Å². The molecule has 0 radical (unpaired) electrons. The lowest BCUT2D eigenvalue weighted by molar-refractivity contribution is 0.0929. The molecule has 0 spiro atoms. The number of nitrogens with zero attached hydrogens (tertiary/aromatic N) is 1. The van der Waals surface area contributed by atoms with Crippen molar-refractivity contribution in [2.45, 2.75) is 19.4 Å². The first-order valence-corrected chi connectivity index (χ1v) is 7.01. The van der Waals surface area contributed by atoms with Gasteiger partial charge < -0.3 is 5.32 Å². The summed E-state index contributed by atoms with van der Waals surface area (Å²) in [6.45, 7) is 1.99. The third kappa shape index (κ3) is 3.54. The number of hydrogen-bond donors (Lipinski definition) is 2. The van der Waals surface area contributed by atoms with Crippen LogP contribution in [-0.4, -0.2) is 16.1 Å². The highest BCUT2D eigenvalue weighted by Gasteiger charge is 2.15. The maximum Gasteiger partial charge on any atom is 0.272 e. The average Bonchev–Trinajstić information content (AvgIpc) is 2.46. The molecule has 0 aliphatic rings. The van der Waals surface area contributed by atoms with E-state index in [1.165, 1.54) is 12.1 Å². The number of aromatic amines is 1. The zero-order valence-corrected chi connectivity index (χ0v) is 12.5. The summed E-state index contributed by atoms with van der Waals surface area (Å²) in [5, 5.41) is 8.86. The number of hydrogen-bond acceptors (Lipinski definition) is 3. The summed E-state index contributed by atoms with van der Waals surface area (Å²) in [5.74, 6) is -0.309. The molecule has 2 rings (SSSR count). The molecule has 0 fully saturated rings. The third-order valence-corrected chi connectivity index (χ3v) is 3.43. The Morgan fingerprint density at radius 3 is 2.55 bits per heavy atom. The Morgan fingerprint density at radius 1 is 1.30 bits per heavy atom. The molecule has 0 saturated heterocycles. The third-order valence-electron chi connectivity index (χ3n) is 2.90. The van der Waals surface area contributed by atoms with Crippen molar-refractivity contribution in [2.75, 3.05) is 0 Å². The van der Waals surface area contributed by atoms with Crippen LogP contribution in [-0.2, 0) is 0 Å². The Bertz CT molecular complexity index is 632. The SMILES string of the molecule is CC[C@@H](NC(=O)c1ccc(=O)[nH]n1)c1ccc(Br)cc1. The summed E-state index contributed by atoms with van der Waals surface area (Å²) in [5.41, 5.74) is 0.884. The quantitative estimate of drug-likeness (QED) is 0.900. The Morgan fingerprint density at radius 2 is 2.00 bits per heavy atom. The zero-order valence-electron chi connectivity index (χ0n) is 10.9. The van der Waals surface area contributed by atoms with Gasteiger partial charge >= 0.3 is 0 Å². The normalized spacial score (nSPS) is 11.9. The Hall–Kier alpha value is -1.95. The number of halogens is 1. The van der Waals surface area contributed by atoms with Crippen LogP contribution in [0.1, 0.15) is 35.4 Å². The van der Waals surface area contributed by atoms with Crippen LogP contribution in [0.3, 0.4) is 0 Å². The Balaban J connectivity index is 2.13. The monoisotopic (exact) mass is 335 g/mol. The fourth-order valence-electron chi connectivity index (χ4n) is 1.82. The summed E-state index contributed by atoms with van der Waals surface area (Å²) in [7, 11) is 0. The van der Waals surface area contributed by atoms with Crippen LogP contribution >= 0.6 is 15.9 Å². The van der Waals surface area contributed by atoms with E-state index in [-0.39, 0.29) is 23.2 Å².